The molecule has 1 unspecified atom stereocenters. The number of hydrogen-bond acceptors (Lipinski definition) is 4. The summed E-state index contributed by atoms with van der Waals surface area (Å²) in [4.78, 5) is 13.9. The van der Waals surface area contributed by atoms with Gasteiger partial charge in [-0.2, -0.15) is 0 Å². The molecule has 3 rings (SSSR count). The Labute approximate surface area is 168 Å². The van der Waals surface area contributed by atoms with Gasteiger partial charge in [0, 0.05) is 11.6 Å². The van der Waals surface area contributed by atoms with Gasteiger partial charge in [0.15, 0.2) is 0 Å². The first-order valence-electron chi connectivity index (χ1n) is 8.26. The number of nitrogens with one attached hydrogen (secondary N) is 1. The number of rotatable bonds is 5. The monoisotopic (exact) mass is 428 g/mol. The summed E-state index contributed by atoms with van der Waals surface area (Å²) >= 11 is 11.8. The Balaban J connectivity index is 1.64. The molecule has 1 amide bonds. The molecule has 1 aliphatic rings. The molecule has 0 spiro atoms. The standard InChI is InChI=1S/C18H18Cl2N2O4S/c19-14-6-7-15(20)17(10-14)27(24,25)21-11-18(23)22-8-9-26-16(12-22)13-4-2-1-3-5-13/h1-7,10,16,21H,8-9,11-12H2. The number of carbonyl (C=O) groups is 1. The first-order chi connectivity index (χ1) is 12.9. The van der Waals surface area contributed by atoms with Crippen molar-refractivity contribution in [3.8, 4) is 0 Å². The molecule has 1 saturated heterocycles. The highest BCUT2D eigenvalue weighted by Gasteiger charge is 2.27. The number of hydrogen-bond donors (Lipinski definition) is 1. The van der Waals surface area contributed by atoms with Gasteiger partial charge in [-0.15, -0.1) is 0 Å². The van der Waals surface area contributed by atoms with Crippen LogP contribution < -0.4 is 4.72 Å². The molecular formula is C18H18Cl2N2O4S. The van der Waals surface area contributed by atoms with E-state index in [-0.39, 0.29) is 33.5 Å². The smallest absolute Gasteiger partial charge is 0.242 e. The van der Waals surface area contributed by atoms with Crippen molar-refractivity contribution >= 4 is 39.1 Å². The van der Waals surface area contributed by atoms with E-state index in [2.05, 4.69) is 4.72 Å². The van der Waals surface area contributed by atoms with Gasteiger partial charge in [-0.1, -0.05) is 53.5 Å². The number of amides is 1. The molecule has 0 aliphatic carbocycles. The maximum Gasteiger partial charge on any atom is 0.242 e. The van der Waals surface area contributed by atoms with E-state index in [0.717, 1.165) is 5.56 Å². The molecule has 2 aromatic rings. The van der Waals surface area contributed by atoms with Gasteiger partial charge in [-0.25, -0.2) is 13.1 Å². The topological polar surface area (TPSA) is 75.7 Å². The van der Waals surface area contributed by atoms with Gasteiger partial charge in [0.25, 0.3) is 0 Å². The Morgan fingerprint density at radius 3 is 2.67 bits per heavy atom. The fourth-order valence-corrected chi connectivity index (χ4v) is 4.51. The molecule has 1 aliphatic heterocycles. The minimum atomic E-state index is -3.96. The van der Waals surface area contributed by atoms with E-state index >= 15 is 0 Å². The van der Waals surface area contributed by atoms with Crippen molar-refractivity contribution in [3.63, 3.8) is 0 Å². The summed E-state index contributed by atoms with van der Waals surface area (Å²) in [5.41, 5.74) is 0.973. The average Bonchev–Trinajstić information content (AvgIpc) is 2.69. The van der Waals surface area contributed by atoms with Crippen LogP contribution >= 0.6 is 23.2 Å². The maximum absolute atomic E-state index is 12.5. The van der Waals surface area contributed by atoms with Crippen molar-refractivity contribution in [2.75, 3.05) is 26.2 Å². The van der Waals surface area contributed by atoms with Crippen LogP contribution in [0, 0.1) is 0 Å². The van der Waals surface area contributed by atoms with E-state index in [1.807, 2.05) is 30.3 Å². The molecule has 6 nitrogen and oxygen atoms in total. The van der Waals surface area contributed by atoms with Gasteiger partial charge < -0.3 is 9.64 Å². The largest absolute Gasteiger partial charge is 0.370 e. The van der Waals surface area contributed by atoms with Crippen LogP contribution in [0.25, 0.3) is 0 Å². The van der Waals surface area contributed by atoms with Crippen molar-refractivity contribution in [3.05, 3.63) is 64.1 Å². The molecule has 1 N–H and O–H groups in total. The molecule has 1 fully saturated rings. The van der Waals surface area contributed by atoms with Crippen LogP contribution in [0.3, 0.4) is 0 Å². The van der Waals surface area contributed by atoms with E-state index in [4.69, 9.17) is 27.9 Å². The molecule has 2 aromatic carbocycles. The molecule has 27 heavy (non-hydrogen) atoms. The average molecular weight is 429 g/mol. The van der Waals surface area contributed by atoms with Crippen LogP contribution in [0.2, 0.25) is 10.0 Å². The molecule has 9 heteroatoms. The van der Waals surface area contributed by atoms with Crippen molar-refractivity contribution < 1.29 is 17.9 Å². The summed E-state index contributed by atoms with van der Waals surface area (Å²) in [5, 5.41) is 0.278. The van der Waals surface area contributed by atoms with Crippen molar-refractivity contribution in [1.82, 2.24) is 9.62 Å². The lowest BCUT2D eigenvalue weighted by atomic mass is 10.1. The van der Waals surface area contributed by atoms with Gasteiger partial charge in [0.2, 0.25) is 15.9 Å². The lowest BCUT2D eigenvalue weighted by molar-refractivity contribution is -0.137. The second-order valence-electron chi connectivity index (χ2n) is 6.01. The Morgan fingerprint density at radius 2 is 1.93 bits per heavy atom. The van der Waals surface area contributed by atoms with E-state index in [1.165, 1.54) is 18.2 Å². The third-order valence-electron chi connectivity index (χ3n) is 4.19. The van der Waals surface area contributed by atoms with Crippen LogP contribution in [0.5, 0.6) is 0 Å². The van der Waals surface area contributed by atoms with Crippen molar-refractivity contribution in [2.45, 2.75) is 11.0 Å². The van der Waals surface area contributed by atoms with Crippen LogP contribution in [-0.2, 0) is 19.6 Å². The molecule has 1 heterocycles. The third-order valence-corrected chi connectivity index (χ3v) is 6.30. The zero-order chi connectivity index (χ0) is 19.4. The highest BCUT2D eigenvalue weighted by Crippen LogP contribution is 2.25. The first-order valence-corrected chi connectivity index (χ1v) is 10.5. The van der Waals surface area contributed by atoms with Gasteiger partial charge >= 0.3 is 0 Å². The van der Waals surface area contributed by atoms with Crippen LogP contribution in [0.4, 0.5) is 0 Å². The summed E-state index contributed by atoms with van der Waals surface area (Å²) in [7, 11) is -3.96. The molecule has 0 saturated carbocycles. The van der Waals surface area contributed by atoms with E-state index in [9.17, 15) is 13.2 Å². The van der Waals surface area contributed by atoms with Crippen LogP contribution in [-0.4, -0.2) is 45.5 Å². The quantitative estimate of drug-likeness (QED) is 0.793. The predicted molar refractivity (Wildman–Crippen MR) is 103 cm³/mol. The SMILES string of the molecule is O=C(CNS(=O)(=O)c1cc(Cl)ccc1Cl)N1CCOC(c2ccccc2)C1. The molecule has 0 bridgehead atoms. The Kier molecular flexibility index (Phi) is 6.39. The summed E-state index contributed by atoms with van der Waals surface area (Å²) < 4.78 is 32.9. The third kappa shape index (κ3) is 5.00. The number of morpholine rings is 1. The summed E-state index contributed by atoms with van der Waals surface area (Å²) in [6.45, 7) is 0.787. The normalized spacial score (nSPS) is 17.7. The van der Waals surface area contributed by atoms with Crippen molar-refractivity contribution in [1.29, 1.82) is 0 Å². The highest BCUT2D eigenvalue weighted by molar-refractivity contribution is 7.89. The first kappa shape index (κ1) is 20.1. The number of halogens is 2. The van der Waals surface area contributed by atoms with Gasteiger partial charge in [-0.05, 0) is 23.8 Å². The lowest BCUT2D eigenvalue weighted by Crippen LogP contribution is -2.46. The van der Waals surface area contributed by atoms with E-state index < -0.39 is 10.0 Å². The van der Waals surface area contributed by atoms with Crippen molar-refractivity contribution in [2.24, 2.45) is 0 Å². The molecule has 0 aromatic heterocycles. The predicted octanol–water partition coefficient (Wildman–Crippen LogP) is 2.87. The van der Waals surface area contributed by atoms with Gasteiger partial charge in [0.1, 0.15) is 11.0 Å². The molecular weight excluding hydrogens is 411 g/mol. The van der Waals surface area contributed by atoms with Crippen LogP contribution in [0.1, 0.15) is 11.7 Å². The fourth-order valence-electron chi connectivity index (χ4n) is 2.77. The number of sulfonamides is 1. The minimum absolute atomic E-state index is 0.0369. The van der Waals surface area contributed by atoms with E-state index in [1.54, 1.807) is 4.90 Å². The molecule has 144 valence electrons. The zero-order valence-electron chi connectivity index (χ0n) is 14.3. The maximum atomic E-state index is 12.5. The van der Waals surface area contributed by atoms with E-state index in [0.29, 0.717) is 19.7 Å². The second kappa shape index (κ2) is 8.58. The van der Waals surface area contributed by atoms with Gasteiger partial charge in [0.05, 0.1) is 24.7 Å². The second-order valence-corrected chi connectivity index (χ2v) is 8.59. The molecule has 1 atom stereocenters. The highest BCUT2D eigenvalue weighted by atomic mass is 35.5. The van der Waals surface area contributed by atoms with Gasteiger partial charge in [-0.3, -0.25) is 4.79 Å². The number of carbonyl (C=O) groups excluding carboxylic acids is 1. The number of ether oxygens (including phenoxy) is 1. The van der Waals surface area contributed by atoms with Crippen LogP contribution in [0.15, 0.2) is 53.4 Å². The Morgan fingerprint density at radius 1 is 1.19 bits per heavy atom. The Hall–Kier alpha value is -1.64. The summed E-state index contributed by atoms with van der Waals surface area (Å²) in [6, 6.07) is 13.7. The Bertz CT molecular complexity index is 922. The summed E-state index contributed by atoms with van der Waals surface area (Å²) in [5.74, 6) is -0.332. The fraction of sp³-hybridized carbons (Fsp3) is 0.278. The number of nitrogens with zero attached hydrogens (tertiary/aromatic N) is 1. The zero-order valence-corrected chi connectivity index (χ0v) is 16.6. The lowest BCUT2D eigenvalue weighted by Gasteiger charge is -2.33. The minimum Gasteiger partial charge on any atom is -0.370 e. The summed E-state index contributed by atoms with van der Waals surface area (Å²) in [6.07, 6.45) is -0.233. The molecule has 0 radical (unpaired) electrons. The number of benzene rings is 2.